The van der Waals surface area contributed by atoms with Crippen LogP contribution in [0.15, 0.2) is 42.7 Å². The van der Waals surface area contributed by atoms with Gasteiger partial charge in [0.05, 0.1) is 11.2 Å². The fraction of sp³-hybridized carbons (Fsp3) is 0.459. The normalized spacial score (nSPS) is 27.3. The van der Waals surface area contributed by atoms with Gasteiger partial charge in [-0.3, -0.25) is 9.69 Å². The van der Waals surface area contributed by atoms with E-state index in [4.69, 9.17) is 11.3 Å². The summed E-state index contributed by atoms with van der Waals surface area (Å²) in [5, 5.41) is 11.0. The largest absolute Gasteiger partial charge is 0.475 e. The van der Waals surface area contributed by atoms with Crippen molar-refractivity contribution in [3.8, 4) is 23.1 Å². The SMILES string of the molecule is [C-]#[N+]C[C@H]1CN(c2c(C#N)c(OCC34CCCN3C[C@H](F)C4)nc3c(F)c(-c4cccc5c4C4CC4C5)ccc23)CCN1C(=O)C(=C)F. The highest BCUT2D eigenvalue weighted by Crippen LogP contribution is 2.59. The molecule has 2 aromatic carbocycles. The number of nitrogens with zero attached hydrogens (tertiary/aromatic N) is 6. The van der Waals surface area contributed by atoms with Gasteiger partial charge in [0.2, 0.25) is 12.4 Å². The molecular weight excluding hydrogens is 617 g/mol. The minimum atomic E-state index is -1.11. The van der Waals surface area contributed by atoms with Gasteiger partial charge < -0.3 is 19.4 Å². The van der Waals surface area contributed by atoms with Crippen LogP contribution in [0.3, 0.4) is 0 Å². The maximum absolute atomic E-state index is 17.0. The Hall–Kier alpha value is -4.61. The third kappa shape index (κ3) is 4.82. The molecule has 3 saturated heterocycles. The summed E-state index contributed by atoms with van der Waals surface area (Å²) in [6.45, 7) is 12.1. The molecule has 5 aliphatic rings. The van der Waals surface area contributed by atoms with E-state index in [1.807, 2.05) is 17.0 Å². The van der Waals surface area contributed by atoms with Crippen LogP contribution in [0.5, 0.6) is 5.88 Å². The van der Waals surface area contributed by atoms with E-state index >= 15 is 4.39 Å². The fourth-order valence-corrected chi connectivity index (χ4v) is 8.97. The monoisotopic (exact) mass is 652 g/mol. The van der Waals surface area contributed by atoms with E-state index in [1.165, 1.54) is 16.0 Å². The molecule has 0 radical (unpaired) electrons. The van der Waals surface area contributed by atoms with Gasteiger partial charge >= 0.3 is 0 Å². The Morgan fingerprint density at radius 1 is 1.21 bits per heavy atom. The number of carbonyl (C=O) groups is 1. The summed E-state index contributed by atoms with van der Waals surface area (Å²) >= 11 is 0. The second kappa shape index (κ2) is 11.5. The van der Waals surface area contributed by atoms with Gasteiger partial charge in [0, 0.05) is 43.5 Å². The number of ether oxygens (including phenoxy) is 1. The molecule has 2 aliphatic carbocycles. The number of hydrogen-bond donors (Lipinski definition) is 0. The Morgan fingerprint density at radius 2 is 2.06 bits per heavy atom. The van der Waals surface area contributed by atoms with Crippen molar-refractivity contribution in [2.24, 2.45) is 5.92 Å². The molecule has 3 unspecified atom stereocenters. The summed E-state index contributed by atoms with van der Waals surface area (Å²) in [5.41, 5.74) is 3.75. The molecule has 3 aromatic rings. The number of fused-ring (bicyclic) bond motifs is 5. The van der Waals surface area contributed by atoms with Crippen molar-refractivity contribution in [1.29, 1.82) is 5.26 Å². The van der Waals surface area contributed by atoms with Crippen LogP contribution in [0.2, 0.25) is 0 Å². The minimum Gasteiger partial charge on any atom is -0.475 e. The molecule has 4 fully saturated rings. The lowest BCUT2D eigenvalue weighted by Crippen LogP contribution is -2.56. The van der Waals surface area contributed by atoms with Gasteiger partial charge in [-0.25, -0.2) is 24.7 Å². The number of piperazine rings is 1. The van der Waals surface area contributed by atoms with Crippen molar-refractivity contribution < 1.29 is 22.7 Å². The summed E-state index contributed by atoms with van der Waals surface area (Å²) in [4.78, 5) is 26.1. The zero-order chi connectivity index (χ0) is 33.3. The fourth-order valence-electron chi connectivity index (χ4n) is 8.97. The van der Waals surface area contributed by atoms with E-state index in [1.54, 1.807) is 12.1 Å². The molecule has 1 saturated carbocycles. The molecule has 0 N–H and O–H groups in total. The van der Waals surface area contributed by atoms with Gasteiger partial charge in [-0.1, -0.05) is 30.8 Å². The highest BCUT2D eigenvalue weighted by molar-refractivity contribution is 5.99. The molecule has 246 valence electrons. The number of hydrogen-bond acceptors (Lipinski definition) is 6. The van der Waals surface area contributed by atoms with E-state index in [2.05, 4.69) is 33.4 Å². The van der Waals surface area contributed by atoms with E-state index in [0.717, 1.165) is 37.8 Å². The molecule has 3 aliphatic heterocycles. The number of carbonyl (C=O) groups excluding carboxylic acids is 1. The lowest BCUT2D eigenvalue weighted by molar-refractivity contribution is -0.131. The van der Waals surface area contributed by atoms with Gasteiger partial charge in [0.1, 0.15) is 36.0 Å². The first kappa shape index (κ1) is 30.7. The number of aromatic nitrogens is 1. The Morgan fingerprint density at radius 3 is 2.85 bits per heavy atom. The molecule has 4 heterocycles. The van der Waals surface area contributed by atoms with Crippen molar-refractivity contribution in [1.82, 2.24) is 14.8 Å². The molecule has 8 nitrogen and oxygen atoms in total. The highest BCUT2D eigenvalue weighted by atomic mass is 19.1. The lowest BCUT2D eigenvalue weighted by atomic mass is 9.92. The van der Waals surface area contributed by atoms with Gasteiger partial charge in [0.25, 0.3) is 5.91 Å². The predicted octanol–water partition coefficient (Wildman–Crippen LogP) is 5.95. The second-order valence-corrected chi connectivity index (χ2v) is 14.0. The van der Waals surface area contributed by atoms with Crippen LogP contribution in [0.25, 0.3) is 26.9 Å². The van der Waals surface area contributed by atoms with Crippen LogP contribution in [-0.2, 0) is 11.2 Å². The molecule has 1 aromatic heterocycles. The maximum Gasteiger partial charge on any atom is 0.282 e. The number of rotatable bonds is 7. The van der Waals surface area contributed by atoms with Gasteiger partial charge in [0.15, 0.2) is 11.6 Å². The zero-order valence-corrected chi connectivity index (χ0v) is 26.5. The van der Waals surface area contributed by atoms with Gasteiger partial charge in [-0.15, -0.1) is 0 Å². The third-order valence-electron chi connectivity index (χ3n) is 11.2. The lowest BCUT2D eigenvalue weighted by Gasteiger charge is -2.40. The Bertz CT molecular complexity index is 1950. The Kier molecular flexibility index (Phi) is 7.37. The molecule has 0 bridgehead atoms. The smallest absolute Gasteiger partial charge is 0.282 e. The number of amides is 1. The molecular formula is C37H35F3N6O2. The number of anilines is 1. The number of pyridine rings is 1. The van der Waals surface area contributed by atoms with Crippen LogP contribution < -0.4 is 9.64 Å². The van der Waals surface area contributed by atoms with Crippen LogP contribution in [0.1, 0.15) is 48.3 Å². The minimum absolute atomic E-state index is 0.0301. The molecule has 0 spiro atoms. The van der Waals surface area contributed by atoms with E-state index in [-0.39, 0.29) is 49.7 Å². The van der Waals surface area contributed by atoms with Crippen LogP contribution in [0, 0.1) is 29.6 Å². The van der Waals surface area contributed by atoms with E-state index < -0.39 is 35.3 Å². The second-order valence-electron chi connectivity index (χ2n) is 14.0. The number of alkyl halides is 1. The molecule has 1 amide bonds. The van der Waals surface area contributed by atoms with Crippen LogP contribution >= 0.6 is 0 Å². The summed E-state index contributed by atoms with van der Waals surface area (Å²) < 4.78 is 51.9. The molecule has 11 heteroatoms. The summed E-state index contributed by atoms with van der Waals surface area (Å²) in [5.74, 6) is -1.48. The Balaban J connectivity index is 1.25. The first-order valence-electron chi connectivity index (χ1n) is 16.7. The Labute approximate surface area is 277 Å². The third-order valence-corrected chi connectivity index (χ3v) is 11.2. The van der Waals surface area contributed by atoms with Gasteiger partial charge in [-0.2, -0.15) is 5.26 Å². The average molecular weight is 653 g/mol. The van der Waals surface area contributed by atoms with Crippen molar-refractivity contribution in [3.63, 3.8) is 0 Å². The summed E-state index contributed by atoms with van der Waals surface area (Å²) in [6.07, 6.45) is 3.13. The maximum atomic E-state index is 17.0. The summed E-state index contributed by atoms with van der Waals surface area (Å²) in [6, 6.07) is 11.1. The average Bonchev–Trinajstić information content (AvgIpc) is 3.40. The topological polar surface area (TPSA) is 77.1 Å². The zero-order valence-electron chi connectivity index (χ0n) is 26.5. The quantitative estimate of drug-likeness (QED) is 0.232. The first-order valence-corrected chi connectivity index (χ1v) is 16.7. The predicted molar refractivity (Wildman–Crippen MR) is 174 cm³/mol. The van der Waals surface area contributed by atoms with E-state index in [9.17, 15) is 18.8 Å². The first-order chi connectivity index (χ1) is 23.2. The molecule has 5 atom stereocenters. The van der Waals surface area contributed by atoms with Crippen molar-refractivity contribution in [2.75, 3.05) is 50.8 Å². The van der Waals surface area contributed by atoms with Gasteiger partial charge in [-0.05, 0) is 66.8 Å². The molecule has 48 heavy (non-hydrogen) atoms. The van der Waals surface area contributed by atoms with E-state index in [0.29, 0.717) is 41.4 Å². The number of halogens is 3. The van der Waals surface area contributed by atoms with Crippen molar-refractivity contribution >= 4 is 22.5 Å². The number of nitriles is 1. The standard InChI is InChI=1S/C37H35F3N6O2/c1-21(38)36(47)46-12-11-44(19-25(46)17-42-2)34-28-8-7-27(26-6-3-5-22-13-23-14-29(23)31(22)26)32(40)33(28)43-35(30(34)16-41)48-20-37-9-4-10-45(37)18-24(39)15-37/h3,5-8,23-25,29H,1,4,9-15,17-20H2/t23?,24-,25+,29?,37?/m1/s1. The number of benzene rings is 2. The van der Waals surface area contributed by atoms with Crippen molar-refractivity contribution in [2.45, 2.75) is 55.8 Å². The van der Waals surface area contributed by atoms with Crippen LogP contribution in [-0.4, -0.2) is 84.3 Å². The van der Waals surface area contributed by atoms with Crippen molar-refractivity contribution in [3.05, 3.63) is 76.7 Å². The summed E-state index contributed by atoms with van der Waals surface area (Å²) in [7, 11) is 0. The van der Waals surface area contributed by atoms with Crippen LogP contribution in [0.4, 0.5) is 18.9 Å². The highest BCUT2D eigenvalue weighted by Gasteiger charge is 2.50. The molecule has 8 rings (SSSR count).